The van der Waals surface area contributed by atoms with E-state index in [0.29, 0.717) is 6.61 Å². The van der Waals surface area contributed by atoms with Crippen LogP contribution in [0.1, 0.15) is 64.6 Å². The first kappa shape index (κ1) is 24.6. The van der Waals surface area contributed by atoms with E-state index in [0.717, 1.165) is 50.3 Å². The van der Waals surface area contributed by atoms with Crippen molar-refractivity contribution in [2.75, 3.05) is 26.8 Å². The lowest BCUT2D eigenvalue weighted by molar-refractivity contribution is 0.0273. The Hall–Kier alpha value is -2.53. The van der Waals surface area contributed by atoms with E-state index in [4.69, 9.17) is 14.5 Å². The number of aromatic nitrogens is 1. The first-order valence-corrected chi connectivity index (χ1v) is 12.6. The Morgan fingerprint density at radius 2 is 1.79 bits per heavy atom. The molecule has 1 fully saturated rings. The third-order valence-corrected chi connectivity index (χ3v) is 6.97. The summed E-state index contributed by atoms with van der Waals surface area (Å²) in [5, 5.41) is 3.43. The summed E-state index contributed by atoms with van der Waals surface area (Å²) in [6, 6.07) is 15.7. The largest absolute Gasteiger partial charge is 0.380 e. The van der Waals surface area contributed by atoms with Crippen LogP contribution in [-0.2, 0) is 35.3 Å². The van der Waals surface area contributed by atoms with Crippen molar-refractivity contribution >= 4 is 0 Å². The Morgan fingerprint density at radius 1 is 1.03 bits per heavy atom. The molecule has 4 rings (SSSR count). The molecule has 0 aliphatic carbocycles. The zero-order chi connectivity index (χ0) is 24.1. The molecule has 2 heterocycles. The molecular formula is C30H38N2O2. The maximum Gasteiger partial charge on any atom is 0.0952 e. The fourth-order valence-electron chi connectivity index (χ4n) is 5.17. The number of rotatable bonds is 8. The van der Waals surface area contributed by atoms with Gasteiger partial charge in [0, 0.05) is 31.5 Å². The highest BCUT2D eigenvalue weighted by atomic mass is 16.5. The molecule has 0 saturated carbocycles. The summed E-state index contributed by atoms with van der Waals surface area (Å²) in [5.74, 6) is 0. The third-order valence-electron chi connectivity index (χ3n) is 6.97. The average molecular weight is 459 g/mol. The third kappa shape index (κ3) is 5.25. The van der Waals surface area contributed by atoms with Gasteiger partial charge in [-0.3, -0.25) is 4.98 Å². The van der Waals surface area contributed by atoms with Gasteiger partial charge in [0.2, 0.25) is 0 Å². The molecule has 1 N–H and O–H groups in total. The van der Waals surface area contributed by atoms with Crippen molar-refractivity contribution in [2.24, 2.45) is 0 Å². The predicted octanol–water partition coefficient (Wildman–Crippen LogP) is 5.89. The molecule has 0 spiro atoms. The average Bonchev–Trinajstić information content (AvgIpc) is 2.86. The van der Waals surface area contributed by atoms with E-state index in [2.05, 4.69) is 75.5 Å². The van der Waals surface area contributed by atoms with Crippen molar-refractivity contribution in [3.05, 3.63) is 87.1 Å². The van der Waals surface area contributed by atoms with Gasteiger partial charge in [-0.05, 0) is 78.1 Å². The quantitative estimate of drug-likeness (QED) is 0.457. The summed E-state index contributed by atoms with van der Waals surface area (Å²) in [4.78, 5) is 5.13. The molecule has 1 aromatic heterocycles. The zero-order valence-corrected chi connectivity index (χ0v) is 21.3. The summed E-state index contributed by atoms with van der Waals surface area (Å²) in [7, 11) is 1.77. The summed E-state index contributed by atoms with van der Waals surface area (Å²) in [6.07, 6.45) is 2.98. The van der Waals surface area contributed by atoms with E-state index in [1.807, 2.05) is 0 Å². The van der Waals surface area contributed by atoms with Crippen LogP contribution in [0.15, 0.2) is 42.5 Å². The highest BCUT2D eigenvalue weighted by Gasteiger charge is 2.19. The van der Waals surface area contributed by atoms with E-state index in [1.54, 1.807) is 7.11 Å². The van der Waals surface area contributed by atoms with Crippen LogP contribution in [-0.4, -0.2) is 31.8 Å². The number of nitrogens with one attached hydrogen (secondary N) is 1. The Balaban J connectivity index is 1.69. The topological polar surface area (TPSA) is 43.4 Å². The van der Waals surface area contributed by atoms with Crippen LogP contribution in [0.4, 0.5) is 0 Å². The molecule has 1 aliphatic heterocycles. The maximum absolute atomic E-state index is 5.98. The maximum atomic E-state index is 5.98. The molecule has 1 atom stereocenters. The van der Waals surface area contributed by atoms with Crippen molar-refractivity contribution in [1.29, 1.82) is 0 Å². The molecule has 4 nitrogen and oxygen atoms in total. The van der Waals surface area contributed by atoms with Crippen molar-refractivity contribution in [3.63, 3.8) is 0 Å². The van der Waals surface area contributed by atoms with E-state index in [1.165, 1.54) is 44.5 Å². The number of benzene rings is 2. The number of hydrogen-bond acceptors (Lipinski definition) is 4. The summed E-state index contributed by atoms with van der Waals surface area (Å²) in [5.41, 5.74) is 12.5. The minimum Gasteiger partial charge on any atom is -0.380 e. The van der Waals surface area contributed by atoms with Gasteiger partial charge in [0.1, 0.15) is 0 Å². The lowest BCUT2D eigenvalue weighted by Gasteiger charge is -2.25. The summed E-state index contributed by atoms with van der Waals surface area (Å²) >= 11 is 0. The highest BCUT2D eigenvalue weighted by molar-refractivity contribution is 5.69. The zero-order valence-electron chi connectivity index (χ0n) is 21.3. The monoisotopic (exact) mass is 458 g/mol. The second-order valence-corrected chi connectivity index (χ2v) is 9.25. The van der Waals surface area contributed by atoms with Gasteiger partial charge in [-0.1, -0.05) is 50.2 Å². The molecule has 1 saturated heterocycles. The Kier molecular flexibility index (Phi) is 8.15. The number of methoxy groups -OCH3 is 1. The molecule has 3 aromatic rings. The van der Waals surface area contributed by atoms with E-state index in [9.17, 15) is 0 Å². The molecular weight excluding hydrogens is 420 g/mol. The lowest BCUT2D eigenvalue weighted by atomic mass is 9.91. The molecule has 180 valence electrons. The van der Waals surface area contributed by atoms with Gasteiger partial charge in [0.25, 0.3) is 0 Å². The molecule has 1 unspecified atom stereocenters. The van der Waals surface area contributed by atoms with Crippen molar-refractivity contribution in [2.45, 2.75) is 59.7 Å². The number of hydrogen-bond donors (Lipinski definition) is 1. The normalized spacial score (nSPS) is 16.1. The van der Waals surface area contributed by atoms with Gasteiger partial charge >= 0.3 is 0 Å². The van der Waals surface area contributed by atoms with Crippen LogP contribution in [0.3, 0.4) is 0 Å². The van der Waals surface area contributed by atoms with Gasteiger partial charge < -0.3 is 14.8 Å². The molecule has 0 radical (unpaired) electrons. The van der Waals surface area contributed by atoms with Gasteiger partial charge in [-0.2, -0.15) is 0 Å². The summed E-state index contributed by atoms with van der Waals surface area (Å²) < 4.78 is 11.6. The molecule has 0 amide bonds. The second-order valence-electron chi connectivity index (χ2n) is 9.25. The smallest absolute Gasteiger partial charge is 0.0952 e. The van der Waals surface area contributed by atoms with Crippen LogP contribution >= 0.6 is 0 Å². The molecule has 2 aromatic carbocycles. The van der Waals surface area contributed by atoms with Crippen LogP contribution in [0.2, 0.25) is 0 Å². The van der Waals surface area contributed by atoms with E-state index >= 15 is 0 Å². The minimum absolute atomic E-state index is 0.140. The van der Waals surface area contributed by atoms with Crippen LogP contribution in [0.5, 0.6) is 0 Å². The van der Waals surface area contributed by atoms with Gasteiger partial charge in [-0.15, -0.1) is 0 Å². The van der Waals surface area contributed by atoms with Crippen molar-refractivity contribution in [1.82, 2.24) is 10.3 Å². The van der Waals surface area contributed by atoms with Crippen LogP contribution < -0.4 is 5.32 Å². The lowest BCUT2D eigenvalue weighted by Crippen LogP contribution is -2.33. The molecule has 0 bridgehead atoms. The van der Waals surface area contributed by atoms with Crippen molar-refractivity contribution in [3.8, 4) is 11.3 Å². The van der Waals surface area contributed by atoms with E-state index < -0.39 is 0 Å². The molecule has 1 aliphatic rings. The number of aryl methyl sites for hydroxylation is 4. The number of ether oxygens (including phenoxy) is 2. The predicted molar refractivity (Wildman–Crippen MR) is 139 cm³/mol. The SMILES string of the molecule is CCc1cccc(CC)c1-c1cc(COC)c(Cc2ccc(C3CNCCO3)c(C)c2)c(C)n1. The first-order chi connectivity index (χ1) is 16.5. The first-order valence-electron chi connectivity index (χ1n) is 12.6. The Bertz CT molecular complexity index is 1110. The Morgan fingerprint density at radius 3 is 2.41 bits per heavy atom. The fourth-order valence-corrected chi connectivity index (χ4v) is 5.17. The fraction of sp³-hybridized carbons (Fsp3) is 0.433. The molecule has 34 heavy (non-hydrogen) atoms. The summed E-state index contributed by atoms with van der Waals surface area (Å²) in [6.45, 7) is 11.9. The highest BCUT2D eigenvalue weighted by Crippen LogP contribution is 2.31. The van der Waals surface area contributed by atoms with E-state index in [-0.39, 0.29) is 6.10 Å². The molecule has 4 heteroatoms. The van der Waals surface area contributed by atoms with Gasteiger partial charge in [-0.25, -0.2) is 0 Å². The van der Waals surface area contributed by atoms with Crippen molar-refractivity contribution < 1.29 is 9.47 Å². The number of pyridine rings is 1. The number of nitrogens with zero attached hydrogens (tertiary/aromatic N) is 1. The van der Waals surface area contributed by atoms with Crippen LogP contribution in [0.25, 0.3) is 11.3 Å². The van der Waals surface area contributed by atoms with Gasteiger partial charge in [0.05, 0.1) is 25.0 Å². The minimum atomic E-state index is 0.140. The van der Waals surface area contributed by atoms with Crippen LogP contribution in [0, 0.1) is 13.8 Å². The number of morpholine rings is 1. The standard InChI is InChI=1S/C30H38N2O2/c1-6-23-9-8-10-24(7-2)30(23)28-17-25(19-33-5)27(21(4)32-28)16-22-11-12-26(20(3)15-22)29-18-31-13-14-34-29/h8-12,15,17,29,31H,6-7,13-14,16,18-19H2,1-5H3. The van der Waals surface area contributed by atoms with Gasteiger partial charge in [0.15, 0.2) is 0 Å². The second kappa shape index (κ2) is 11.3. The Labute approximate surface area is 204 Å².